The second-order valence-electron chi connectivity index (χ2n) is 9.87. The molecule has 0 aliphatic heterocycles. The number of hydrogen-bond acceptors (Lipinski definition) is 1. The van der Waals surface area contributed by atoms with E-state index >= 15 is 0 Å². The quantitative estimate of drug-likeness (QED) is 0.151. The Hall–Kier alpha value is -2.99. The van der Waals surface area contributed by atoms with Gasteiger partial charge in [-0.15, -0.1) is 0 Å². The van der Waals surface area contributed by atoms with Gasteiger partial charge in [0, 0.05) is 0 Å². The fraction of sp³-hybridized carbons (Fsp3) is 0. The Balaban J connectivity index is 1.85. The molecular formula is C36H28Cl3OP2+. The molecule has 0 spiro atoms. The van der Waals surface area contributed by atoms with Crippen LogP contribution in [-0.4, -0.2) is 0 Å². The van der Waals surface area contributed by atoms with Crippen LogP contribution in [0.3, 0.4) is 0 Å². The van der Waals surface area contributed by atoms with E-state index in [4.69, 9.17) is 38.8 Å². The van der Waals surface area contributed by atoms with Gasteiger partial charge in [0.1, 0.15) is 0 Å². The first-order chi connectivity index (χ1) is 20.5. The number of rotatable bonds is 8. The van der Waals surface area contributed by atoms with Crippen LogP contribution in [0.5, 0.6) is 0 Å². The van der Waals surface area contributed by atoms with Gasteiger partial charge in [-0.25, -0.2) is 0 Å². The molecule has 0 saturated carbocycles. The van der Waals surface area contributed by atoms with Crippen molar-refractivity contribution in [1.82, 2.24) is 0 Å². The average molecular weight is 645 g/mol. The zero-order valence-electron chi connectivity index (χ0n) is 22.6. The van der Waals surface area contributed by atoms with E-state index in [1.807, 2.05) is 91.0 Å². The summed E-state index contributed by atoms with van der Waals surface area (Å²) in [5, 5.41) is 6.28. The zero-order chi connectivity index (χ0) is 29.1. The van der Waals surface area contributed by atoms with Crippen molar-refractivity contribution in [2.45, 2.75) is 0 Å². The van der Waals surface area contributed by atoms with Crippen molar-refractivity contribution in [2.24, 2.45) is 0 Å². The van der Waals surface area contributed by atoms with Gasteiger partial charge in [-0.1, -0.05) is 0 Å². The standard InChI is InChI=1S/C36H28Cl3OP2/c37-34-27-16-28-35(36(34)38)42(39,32-23-12-4-13-24-32,33-25-14-5-15-26-33)40-41(29-17-6-1-7-18-29,30-19-8-2-9-20-30)31-21-10-3-11-22-31/h1-28H/q+1. The summed E-state index contributed by atoms with van der Waals surface area (Å²) < 4.78 is 8.13. The van der Waals surface area contributed by atoms with E-state index in [0.29, 0.717) is 15.3 Å². The van der Waals surface area contributed by atoms with E-state index in [0.717, 1.165) is 26.5 Å². The van der Waals surface area contributed by atoms with Gasteiger partial charge < -0.3 is 0 Å². The molecule has 0 radical (unpaired) electrons. The van der Waals surface area contributed by atoms with Crippen molar-refractivity contribution in [3.63, 3.8) is 0 Å². The molecular weight excluding hydrogens is 617 g/mol. The van der Waals surface area contributed by atoms with Gasteiger partial charge in [0.15, 0.2) is 0 Å². The van der Waals surface area contributed by atoms with Gasteiger partial charge in [0.25, 0.3) is 0 Å². The second-order valence-corrected chi connectivity index (χ2v) is 19.4. The van der Waals surface area contributed by atoms with E-state index in [9.17, 15) is 0 Å². The van der Waals surface area contributed by atoms with Crippen LogP contribution >= 0.6 is 48.1 Å². The molecule has 0 amide bonds. The first kappa shape index (κ1) is 29.1. The molecule has 0 N–H and O–H groups in total. The molecule has 0 saturated heterocycles. The summed E-state index contributed by atoms with van der Waals surface area (Å²) in [5.74, 6) is 0. The molecule has 1 nitrogen and oxygen atoms in total. The molecule has 42 heavy (non-hydrogen) atoms. The summed E-state index contributed by atoms with van der Waals surface area (Å²) in [6.45, 7) is 0. The van der Waals surface area contributed by atoms with E-state index in [1.165, 1.54) is 0 Å². The first-order valence-electron chi connectivity index (χ1n) is 13.6. The third-order valence-corrected chi connectivity index (χ3v) is 19.6. The van der Waals surface area contributed by atoms with Gasteiger partial charge >= 0.3 is 264 Å². The summed E-state index contributed by atoms with van der Waals surface area (Å²) in [6, 6.07) is 57.0. The topological polar surface area (TPSA) is 9.23 Å². The summed E-state index contributed by atoms with van der Waals surface area (Å²) in [7, 11) is -2.95. The molecule has 0 aliphatic carbocycles. The van der Waals surface area contributed by atoms with Crippen molar-refractivity contribution < 1.29 is 4.31 Å². The van der Waals surface area contributed by atoms with E-state index < -0.39 is 13.7 Å². The molecule has 0 bridgehead atoms. The van der Waals surface area contributed by atoms with E-state index in [2.05, 4.69) is 72.8 Å². The minimum absolute atomic E-state index is 0.381. The predicted octanol–water partition coefficient (Wildman–Crippen LogP) is 8.82. The monoisotopic (exact) mass is 643 g/mol. The predicted molar refractivity (Wildman–Crippen MR) is 187 cm³/mol. The van der Waals surface area contributed by atoms with Crippen LogP contribution in [0.1, 0.15) is 0 Å². The minimum atomic E-state index is -4.42. The third kappa shape index (κ3) is 4.80. The Bertz CT molecular complexity index is 1650. The van der Waals surface area contributed by atoms with Gasteiger partial charge in [-0.05, 0) is 0 Å². The van der Waals surface area contributed by atoms with Crippen molar-refractivity contribution in [3.05, 3.63) is 180 Å². The Morgan fingerprint density at radius 2 is 0.786 bits per heavy atom. The molecule has 0 unspecified atom stereocenters. The van der Waals surface area contributed by atoms with E-state index in [1.54, 1.807) is 6.07 Å². The Kier molecular flexibility index (Phi) is 8.28. The fourth-order valence-corrected chi connectivity index (χ4v) is 18.2. The average Bonchev–Trinajstić information content (AvgIpc) is 3.07. The fourth-order valence-electron chi connectivity index (χ4n) is 5.49. The number of benzene rings is 6. The van der Waals surface area contributed by atoms with Crippen LogP contribution in [0.4, 0.5) is 0 Å². The maximum atomic E-state index is 8.58. The van der Waals surface area contributed by atoms with Crippen LogP contribution in [0.15, 0.2) is 170 Å². The van der Waals surface area contributed by atoms with Crippen molar-refractivity contribution >= 4 is 79.9 Å². The van der Waals surface area contributed by atoms with Crippen molar-refractivity contribution in [2.75, 3.05) is 0 Å². The normalized spacial score (nSPS) is 12.8. The third-order valence-electron chi connectivity index (χ3n) is 7.43. The molecule has 6 heteroatoms. The SMILES string of the molecule is Clc1cccc(P(Cl)(O[P+](c2ccccc2)(c2ccccc2)c2ccccc2)(c2ccccc2)c2ccccc2)c1Cl. The van der Waals surface area contributed by atoms with Gasteiger partial charge in [0.2, 0.25) is 0 Å². The van der Waals surface area contributed by atoms with Crippen LogP contribution < -0.4 is 31.8 Å². The Morgan fingerprint density at radius 1 is 0.429 bits per heavy atom. The maximum absolute atomic E-state index is 8.58. The molecule has 6 aromatic rings. The van der Waals surface area contributed by atoms with Crippen molar-refractivity contribution in [1.29, 1.82) is 0 Å². The molecule has 6 aromatic carbocycles. The summed E-state index contributed by atoms with van der Waals surface area (Å²) in [4.78, 5) is 0. The van der Waals surface area contributed by atoms with E-state index in [-0.39, 0.29) is 0 Å². The van der Waals surface area contributed by atoms with Crippen molar-refractivity contribution in [3.8, 4) is 0 Å². The van der Waals surface area contributed by atoms with Gasteiger partial charge in [0.05, 0.1) is 0 Å². The first-order valence-corrected chi connectivity index (χ1v) is 19.1. The van der Waals surface area contributed by atoms with Gasteiger partial charge in [-0.2, -0.15) is 0 Å². The number of halogens is 3. The molecule has 6 rings (SSSR count). The zero-order valence-corrected chi connectivity index (χ0v) is 26.7. The Morgan fingerprint density at radius 3 is 1.17 bits per heavy atom. The number of hydrogen-bond donors (Lipinski definition) is 0. The molecule has 0 atom stereocenters. The molecule has 0 aromatic heterocycles. The molecule has 0 aliphatic rings. The summed E-state index contributed by atoms with van der Waals surface area (Å²) >= 11 is 22.5. The summed E-state index contributed by atoms with van der Waals surface area (Å²) in [6.07, 6.45) is -4.42. The summed E-state index contributed by atoms with van der Waals surface area (Å²) in [5.41, 5.74) is 0. The van der Waals surface area contributed by atoms with Crippen LogP contribution in [0.25, 0.3) is 0 Å². The van der Waals surface area contributed by atoms with Crippen LogP contribution in [0.2, 0.25) is 10.0 Å². The van der Waals surface area contributed by atoms with Crippen LogP contribution in [-0.2, 0) is 4.31 Å². The Labute approximate surface area is 262 Å². The second kappa shape index (κ2) is 11.9. The van der Waals surface area contributed by atoms with Gasteiger partial charge in [-0.3, -0.25) is 0 Å². The van der Waals surface area contributed by atoms with Crippen LogP contribution in [0, 0.1) is 0 Å². The molecule has 208 valence electrons. The molecule has 0 heterocycles. The molecule has 0 fully saturated rings.